The van der Waals surface area contributed by atoms with E-state index >= 15 is 0 Å². The Bertz CT molecular complexity index is 306. The van der Waals surface area contributed by atoms with Crippen LogP contribution in [0, 0.1) is 0 Å². The summed E-state index contributed by atoms with van der Waals surface area (Å²) in [5.41, 5.74) is 0. The number of hydrogen-bond donors (Lipinski definition) is 0. The fraction of sp³-hybridized carbons (Fsp3) is 0.923. The molecule has 1 rings (SSSR count). The molecule has 0 aromatic carbocycles. The van der Waals surface area contributed by atoms with E-state index in [0.717, 1.165) is 25.3 Å². The average Bonchev–Trinajstić information content (AvgIpc) is 2.74. The van der Waals surface area contributed by atoms with E-state index in [4.69, 9.17) is 0 Å². The zero-order valence-electron chi connectivity index (χ0n) is 11.7. The summed E-state index contributed by atoms with van der Waals surface area (Å²) in [6.07, 6.45) is 8.64. The minimum atomic E-state index is 0.862. The topological polar surface area (TPSA) is 34.6 Å². The molecule has 0 saturated carbocycles. The Balaban J connectivity index is 2.51. The SMILES string of the molecule is CCCCCCc1nn(CC)n[n+]1CCCC. The lowest BCUT2D eigenvalue weighted by molar-refractivity contribution is -0.762. The number of rotatable bonds is 9. The Morgan fingerprint density at radius 3 is 2.41 bits per heavy atom. The van der Waals surface area contributed by atoms with Gasteiger partial charge in [0.2, 0.25) is 0 Å². The Kier molecular flexibility index (Phi) is 6.82. The van der Waals surface area contributed by atoms with Crippen molar-refractivity contribution >= 4 is 0 Å². The molecule has 0 aliphatic carbocycles. The third-order valence-corrected chi connectivity index (χ3v) is 3.00. The second-order valence-electron chi connectivity index (χ2n) is 4.58. The van der Waals surface area contributed by atoms with Gasteiger partial charge in [-0.3, -0.25) is 0 Å². The summed E-state index contributed by atoms with van der Waals surface area (Å²) in [4.78, 5) is 1.81. The lowest BCUT2D eigenvalue weighted by Crippen LogP contribution is -2.40. The predicted octanol–water partition coefficient (Wildman–Crippen LogP) is 2.51. The third kappa shape index (κ3) is 4.84. The molecule has 0 radical (unpaired) electrons. The van der Waals surface area contributed by atoms with Crippen molar-refractivity contribution in [2.24, 2.45) is 0 Å². The highest BCUT2D eigenvalue weighted by Crippen LogP contribution is 2.03. The summed E-state index contributed by atoms with van der Waals surface area (Å²) in [6, 6.07) is 0. The van der Waals surface area contributed by atoms with Crippen molar-refractivity contribution in [3.8, 4) is 0 Å². The molecule has 1 aromatic heterocycles. The van der Waals surface area contributed by atoms with Crippen LogP contribution in [0.15, 0.2) is 0 Å². The van der Waals surface area contributed by atoms with Crippen LogP contribution in [0.5, 0.6) is 0 Å². The van der Waals surface area contributed by atoms with Crippen molar-refractivity contribution in [3.63, 3.8) is 0 Å². The van der Waals surface area contributed by atoms with Gasteiger partial charge >= 0.3 is 0 Å². The normalized spacial score (nSPS) is 11.0. The second kappa shape index (κ2) is 8.20. The summed E-state index contributed by atoms with van der Waals surface area (Å²) >= 11 is 0. The first-order valence-corrected chi connectivity index (χ1v) is 7.15. The number of aromatic nitrogens is 4. The van der Waals surface area contributed by atoms with Gasteiger partial charge in [0.1, 0.15) is 6.54 Å². The van der Waals surface area contributed by atoms with Crippen LogP contribution in [0.25, 0.3) is 0 Å². The smallest absolute Gasteiger partial charge is 0.137 e. The van der Waals surface area contributed by atoms with E-state index in [1.54, 1.807) is 0 Å². The van der Waals surface area contributed by atoms with Gasteiger partial charge in [0.25, 0.3) is 5.82 Å². The number of hydrogen-bond acceptors (Lipinski definition) is 2. The molecule has 4 nitrogen and oxygen atoms in total. The molecule has 0 bridgehead atoms. The van der Waals surface area contributed by atoms with Gasteiger partial charge in [0.05, 0.1) is 16.9 Å². The molecular weight excluding hydrogens is 212 g/mol. The van der Waals surface area contributed by atoms with Crippen molar-refractivity contribution in [3.05, 3.63) is 5.82 Å². The van der Waals surface area contributed by atoms with Crippen LogP contribution < -0.4 is 4.68 Å². The monoisotopic (exact) mass is 239 g/mol. The average molecular weight is 239 g/mol. The highest BCUT2D eigenvalue weighted by atomic mass is 15.6. The van der Waals surface area contributed by atoms with Gasteiger partial charge in [0.15, 0.2) is 0 Å². The molecule has 0 spiro atoms. The molecule has 0 unspecified atom stereocenters. The molecule has 4 heteroatoms. The van der Waals surface area contributed by atoms with E-state index in [0.29, 0.717) is 0 Å². The Morgan fingerprint density at radius 1 is 1.00 bits per heavy atom. The first-order valence-electron chi connectivity index (χ1n) is 7.15. The van der Waals surface area contributed by atoms with E-state index < -0.39 is 0 Å². The van der Waals surface area contributed by atoms with E-state index in [1.807, 2.05) is 4.80 Å². The number of nitrogens with zero attached hydrogens (tertiary/aromatic N) is 4. The summed E-state index contributed by atoms with van der Waals surface area (Å²) in [6.45, 7) is 8.42. The quantitative estimate of drug-likeness (QED) is 0.490. The first kappa shape index (κ1) is 14.1. The summed E-state index contributed by atoms with van der Waals surface area (Å²) in [5, 5.41) is 9.04. The van der Waals surface area contributed by atoms with Crippen LogP contribution in [0.2, 0.25) is 0 Å². The minimum absolute atomic E-state index is 0.862. The zero-order chi connectivity index (χ0) is 12.5. The molecule has 0 amide bonds. The molecule has 0 atom stereocenters. The molecule has 0 fully saturated rings. The highest BCUT2D eigenvalue weighted by molar-refractivity contribution is 4.69. The molecular formula is C13H27N4+. The molecule has 0 saturated heterocycles. The lowest BCUT2D eigenvalue weighted by atomic mass is 10.1. The van der Waals surface area contributed by atoms with Gasteiger partial charge in [-0.2, -0.15) is 0 Å². The standard InChI is InChI=1S/C13H27N4/c1-4-7-9-10-11-13-14-17(6-3)15-16(13)12-8-5-2/h4-12H2,1-3H3/q+1. The fourth-order valence-corrected chi connectivity index (χ4v) is 1.89. The summed E-state index contributed by atoms with van der Waals surface area (Å²) in [5.74, 6) is 1.16. The molecule has 17 heavy (non-hydrogen) atoms. The molecule has 98 valence electrons. The van der Waals surface area contributed by atoms with Crippen LogP contribution in [-0.2, 0) is 19.5 Å². The summed E-state index contributed by atoms with van der Waals surface area (Å²) in [7, 11) is 0. The number of aryl methyl sites for hydroxylation is 3. The van der Waals surface area contributed by atoms with Crippen molar-refractivity contribution in [1.82, 2.24) is 15.1 Å². The third-order valence-electron chi connectivity index (χ3n) is 3.00. The molecule has 1 heterocycles. The van der Waals surface area contributed by atoms with Gasteiger partial charge in [0, 0.05) is 6.42 Å². The maximum absolute atomic E-state index is 4.55. The van der Waals surface area contributed by atoms with E-state index in [1.165, 1.54) is 38.5 Å². The van der Waals surface area contributed by atoms with Gasteiger partial charge in [-0.15, -0.1) is 4.68 Å². The van der Waals surface area contributed by atoms with Crippen LogP contribution in [0.4, 0.5) is 0 Å². The largest absolute Gasteiger partial charge is 0.298 e. The van der Waals surface area contributed by atoms with E-state index in [2.05, 4.69) is 35.8 Å². The minimum Gasteiger partial charge on any atom is -0.137 e. The van der Waals surface area contributed by atoms with Crippen LogP contribution in [0.1, 0.15) is 65.1 Å². The van der Waals surface area contributed by atoms with Crippen molar-refractivity contribution in [1.29, 1.82) is 0 Å². The second-order valence-corrected chi connectivity index (χ2v) is 4.58. The zero-order valence-corrected chi connectivity index (χ0v) is 11.7. The van der Waals surface area contributed by atoms with Crippen LogP contribution >= 0.6 is 0 Å². The highest BCUT2D eigenvalue weighted by Gasteiger charge is 2.16. The van der Waals surface area contributed by atoms with Crippen molar-refractivity contribution < 1.29 is 4.68 Å². The van der Waals surface area contributed by atoms with Crippen LogP contribution in [0.3, 0.4) is 0 Å². The number of tetrazole rings is 1. The van der Waals surface area contributed by atoms with Gasteiger partial charge in [-0.1, -0.05) is 39.5 Å². The van der Waals surface area contributed by atoms with Gasteiger partial charge in [-0.05, 0) is 24.6 Å². The van der Waals surface area contributed by atoms with Gasteiger partial charge in [-0.25, -0.2) is 0 Å². The Hall–Kier alpha value is -0.930. The van der Waals surface area contributed by atoms with Crippen molar-refractivity contribution in [2.45, 2.75) is 78.8 Å². The summed E-state index contributed by atoms with van der Waals surface area (Å²) < 4.78 is 2.10. The van der Waals surface area contributed by atoms with Gasteiger partial charge < -0.3 is 0 Å². The Morgan fingerprint density at radius 2 is 1.76 bits per heavy atom. The lowest BCUT2D eigenvalue weighted by Gasteiger charge is -1.97. The first-order chi connectivity index (χ1) is 8.31. The molecule has 0 aliphatic heterocycles. The molecule has 1 aromatic rings. The maximum atomic E-state index is 4.55. The number of unbranched alkanes of at least 4 members (excludes halogenated alkanes) is 4. The fourth-order valence-electron chi connectivity index (χ4n) is 1.89. The Labute approximate surface area is 105 Å². The molecule has 0 N–H and O–H groups in total. The van der Waals surface area contributed by atoms with E-state index in [-0.39, 0.29) is 0 Å². The maximum Gasteiger partial charge on any atom is 0.298 e. The predicted molar refractivity (Wildman–Crippen MR) is 68.6 cm³/mol. The van der Waals surface area contributed by atoms with E-state index in [9.17, 15) is 0 Å². The van der Waals surface area contributed by atoms with Crippen LogP contribution in [-0.4, -0.2) is 15.1 Å². The van der Waals surface area contributed by atoms with Crippen molar-refractivity contribution in [2.75, 3.05) is 0 Å². The molecule has 0 aliphatic rings.